The Kier molecular flexibility index (Phi) is 3.74. The van der Waals surface area contributed by atoms with E-state index in [1.165, 1.54) is 36.6 Å². The Labute approximate surface area is 154 Å². The highest BCUT2D eigenvalue weighted by atomic mass is 16.5. The lowest BCUT2D eigenvalue weighted by atomic mass is 9.46. The molecule has 2 N–H and O–H groups in total. The average molecular weight is 353 g/mol. The van der Waals surface area contributed by atoms with Crippen LogP contribution < -0.4 is 10.6 Å². The van der Waals surface area contributed by atoms with Gasteiger partial charge in [-0.3, -0.25) is 4.99 Å². The number of nitrogens with one attached hydrogen (secondary N) is 2. The number of hydrogen-bond acceptors (Lipinski definition) is 3. The Bertz CT molecular complexity index is 852. The van der Waals surface area contributed by atoms with Gasteiger partial charge in [-0.05, 0) is 32.3 Å². The molecule has 138 valence electrons. The molecule has 0 amide bonds. The minimum Gasteiger partial charge on any atom is -0.459 e. The van der Waals surface area contributed by atoms with Crippen LogP contribution >= 0.6 is 0 Å². The van der Waals surface area contributed by atoms with Gasteiger partial charge in [0.1, 0.15) is 11.3 Å². The van der Waals surface area contributed by atoms with Gasteiger partial charge in [0.2, 0.25) is 0 Å². The second-order valence-corrected chi connectivity index (χ2v) is 8.02. The summed E-state index contributed by atoms with van der Waals surface area (Å²) >= 11 is 0. The summed E-state index contributed by atoms with van der Waals surface area (Å²) in [4.78, 5) is 4.46. The van der Waals surface area contributed by atoms with Crippen molar-refractivity contribution in [3.8, 4) is 0 Å². The molecule has 1 aromatic heterocycles. The van der Waals surface area contributed by atoms with Crippen molar-refractivity contribution in [3.05, 3.63) is 35.6 Å². The molecule has 2 aliphatic carbocycles. The van der Waals surface area contributed by atoms with Crippen LogP contribution in [0.2, 0.25) is 0 Å². The van der Waals surface area contributed by atoms with Crippen molar-refractivity contribution in [2.24, 2.45) is 16.3 Å². The van der Waals surface area contributed by atoms with Gasteiger partial charge in [0.05, 0.1) is 12.6 Å². The lowest BCUT2D eigenvalue weighted by Crippen LogP contribution is -2.72. The molecule has 26 heavy (non-hydrogen) atoms. The molecule has 1 aliphatic heterocycles. The number of nitrogens with zero attached hydrogens (tertiary/aromatic N) is 1. The monoisotopic (exact) mass is 353 g/mol. The van der Waals surface area contributed by atoms with Crippen LogP contribution in [0.1, 0.15) is 37.0 Å². The van der Waals surface area contributed by atoms with Gasteiger partial charge in [-0.25, -0.2) is 0 Å². The first kappa shape index (κ1) is 16.2. The number of ether oxygens (including phenoxy) is 1. The standard InChI is InChI=1S/C21H27N3O2/c1-13-14-6-3-4-7-16(14)26-17(13)12-23-20(22-2)24-18-15-8-11-25-19(15)21(18)9-5-10-21/h3-4,6-7,15,18-19H,5,8-12H2,1-2H3,(H2,22,23,24). The van der Waals surface area contributed by atoms with Gasteiger partial charge < -0.3 is 19.8 Å². The van der Waals surface area contributed by atoms with Crippen LogP contribution in [0.15, 0.2) is 33.7 Å². The second kappa shape index (κ2) is 6.02. The van der Waals surface area contributed by atoms with Crippen molar-refractivity contribution in [1.29, 1.82) is 0 Å². The maximum atomic E-state index is 6.02. The average Bonchev–Trinajstić information content (AvgIpc) is 3.17. The van der Waals surface area contributed by atoms with E-state index in [-0.39, 0.29) is 0 Å². The molecule has 1 spiro atoms. The molecular weight excluding hydrogens is 326 g/mol. The fourth-order valence-electron chi connectivity index (χ4n) is 5.36. The number of rotatable bonds is 3. The predicted molar refractivity (Wildman–Crippen MR) is 102 cm³/mol. The van der Waals surface area contributed by atoms with Crippen LogP contribution in [0.25, 0.3) is 11.0 Å². The van der Waals surface area contributed by atoms with Crippen molar-refractivity contribution in [1.82, 2.24) is 10.6 Å². The molecule has 5 heteroatoms. The van der Waals surface area contributed by atoms with E-state index in [1.807, 2.05) is 19.2 Å². The largest absolute Gasteiger partial charge is 0.459 e. The Balaban J connectivity index is 1.28. The molecule has 3 atom stereocenters. The highest BCUT2D eigenvalue weighted by Crippen LogP contribution is 2.62. The number of guanidine groups is 1. The molecule has 5 nitrogen and oxygen atoms in total. The smallest absolute Gasteiger partial charge is 0.191 e. The van der Waals surface area contributed by atoms with Gasteiger partial charge in [-0.15, -0.1) is 0 Å². The van der Waals surface area contributed by atoms with Gasteiger partial charge in [-0.2, -0.15) is 0 Å². The van der Waals surface area contributed by atoms with E-state index in [2.05, 4.69) is 34.7 Å². The third-order valence-electron chi connectivity index (χ3n) is 6.91. The lowest BCUT2D eigenvalue weighted by molar-refractivity contribution is -0.171. The fraction of sp³-hybridized carbons (Fsp3) is 0.571. The number of furan rings is 1. The van der Waals surface area contributed by atoms with E-state index in [0.717, 1.165) is 23.9 Å². The van der Waals surface area contributed by atoms with Gasteiger partial charge >= 0.3 is 0 Å². The number of aliphatic imine (C=N–C) groups is 1. The summed E-state index contributed by atoms with van der Waals surface area (Å²) in [5, 5.41) is 8.35. The minimum absolute atomic E-state index is 0.355. The minimum atomic E-state index is 0.355. The molecule has 1 aromatic carbocycles. The topological polar surface area (TPSA) is 58.8 Å². The molecular formula is C21H27N3O2. The van der Waals surface area contributed by atoms with Crippen LogP contribution in [-0.4, -0.2) is 31.8 Å². The van der Waals surface area contributed by atoms with Gasteiger partial charge in [0, 0.05) is 42.0 Å². The van der Waals surface area contributed by atoms with E-state index in [1.54, 1.807) is 0 Å². The van der Waals surface area contributed by atoms with Crippen molar-refractivity contribution in [2.75, 3.05) is 13.7 Å². The zero-order chi connectivity index (χ0) is 17.7. The maximum absolute atomic E-state index is 6.02. The van der Waals surface area contributed by atoms with Crippen molar-refractivity contribution < 1.29 is 9.15 Å². The summed E-state index contributed by atoms with van der Waals surface area (Å²) in [5.74, 6) is 2.48. The summed E-state index contributed by atoms with van der Waals surface area (Å²) in [6, 6.07) is 8.69. The Morgan fingerprint density at radius 1 is 1.31 bits per heavy atom. The number of fused-ring (bicyclic) bond motifs is 3. The molecule has 3 aliphatic rings. The summed E-state index contributed by atoms with van der Waals surface area (Å²) in [6.45, 7) is 3.68. The molecule has 3 fully saturated rings. The first-order valence-corrected chi connectivity index (χ1v) is 9.79. The molecule has 3 unspecified atom stereocenters. The lowest BCUT2D eigenvalue weighted by Gasteiger charge is -2.63. The van der Waals surface area contributed by atoms with Crippen molar-refractivity contribution >= 4 is 16.9 Å². The van der Waals surface area contributed by atoms with E-state index in [4.69, 9.17) is 9.15 Å². The molecule has 0 bridgehead atoms. The Morgan fingerprint density at radius 3 is 2.88 bits per heavy atom. The van der Waals surface area contributed by atoms with E-state index in [0.29, 0.717) is 30.0 Å². The molecule has 2 heterocycles. The highest BCUT2D eigenvalue weighted by molar-refractivity contribution is 5.83. The van der Waals surface area contributed by atoms with Crippen molar-refractivity contribution in [2.45, 2.75) is 51.3 Å². The van der Waals surface area contributed by atoms with Crippen molar-refractivity contribution in [3.63, 3.8) is 0 Å². The first-order chi connectivity index (χ1) is 12.7. The Hall–Kier alpha value is -2.01. The predicted octanol–water partition coefficient (Wildman–Crippen LogP) is 3.36. The van der Waals surface area contributed by atoms with Crippen LogP contribution in [-0.2, 0) is 11.3 Å². The summed E-state index contributed by atoms with van der Waals surface area (Å²) in [6.07, 6.45) is 5.54. The molecule has 5 rings (SSSR count). The van der Waals surface area contributed by atoms with Gasteiger partial charge in [0.15, 0.2) is 5.96 Å². The maximum Gasteiger partial charge on any atom is 0.191 e. The van der Waals surface area contributed by atoms with E-state index in [9.17, 15) is 0 Å². The summed E-state index contributed by atoms with van der Waals surface area (Å²) < 4.78 is 12.0. The summed E-state index contributed by atoms with van der Waals surface area (Å²) in [7, 11) is 1.84. The third-order valence-corrected chi connectivity index (χ3v) is 6.91. The summed E-state index contributed by atoms with van der Waals surface area (Å²) in [5.41, 5.74) is 2.50. The normalized spacial score (nSPS) is 29.3. The third kappa shape index (κ3) is 2.22. The van der Waals surface area contributed by atoms with Crippen LogP contribution in [0.4, 0.5) is 0 Å². The van der Waals surface area contributed by atoms with Crippen LogP contribution in [0, 0.1) is 18.3 Å². The molecule has 1 saturated heterocycles. The molecule has 2 saturated carbocycles. The Morgan fingerprint density at radius 2 is 2.15 bits per heavy atom. The van der Waals surface area contributed by atoms with Crippen LogP contribution in [0.3, 0.4) is 0 Å². The van der Waals surface area contributed by atoms with Gasteiger partial charge in [0.25, 0.3) is 0 Å². The number of para-hydroxylation sites is 1. The zero-order valence-corrected chi connectivity index (χ0v) is 15.5. The molecule has 2 aromatic rings. The number of aryl methyl sites for hydroxylation is 1. The fourth-order valence-corrected chi connectivity index (χ4v) is 5.36. The zero-order valence-electron chi connectivity index (χ0n) is 15.5. The van der Waals surface area contributed by atoms with E-state index >= 15 is 0 Å². The SMILES string of the molecule is CN=C(NCc1oc2ccccc2c1C)NC1C2CCOC2C12CCC2. The number of hydrogen-bond donors (Lipinski definition) is 2. The molecule has 0 radical (unpaired) electrons. The quantitative estimate of drug-likeness (QED) is 0.656. The highest BCUT2D eigenvalue weighted by Gasteiger charge is 2.66. The number of benzene rings is 1. The van der Waals surface area contributed by atoms with E-state index < -0.39 is 0 Å². The second-order valence-electron chi connectivity index (χ2n) is 8.02. The van der Waals surface area contributed by atoms with Gasteiger partial charge in [-0.1, -0.05) is 24.6 Å². The van der Waals surface area contributed by atoms with Crippen LogP contribution in [0.5, 0.6) is 0 Å². The first-order valence-electron chi connectivity index (χ1n) is 9.79.